The Morgan fingerprint density at radius 3 is 2.07 bits per heavy atom. The van der Waals surface area contributed by atoms with E-state index in [-0.39, 0.29) is 5.41 Å². The lowest BCUT2D eigenvalue weighted by Crippen LogP contribution is -2.37. The normalized spacial score (nSPS) is 12.3. The maximum atomic E-state index is 5.18. The highest BCUT2D eigenvalue weighted by molar-refractivity contribution is 6.88. The molecule has 4 rings (SSSR count). The SMILES string of the molecule is CC(C)(C)c1cccc(-c2nc3ccc([Si](C)(C)C)cc3cc2-c2ccccc2)c1. The van der Waals surface area contributed by atoms with Crippen molar-refractivity contribution in [1.29, 1.82) is 0 Å². The van der Waals surface area contributed by atoms with Crippen LogP contribution in [0.15, 0.2) is 78.9 Å². The Hall–Kier alpha value is -2.71. The summed E-state index contributed by atoms with van der Waals surface area (Å²) in [6.45, 7) is 14.0. The van der Waals surface area contributed by atoms with Gasteiger partial charge in [0, 0.05) is 16.5 Å². The van der Waals surface area contributed by atoms with Crippen LogP contribution in [-0.4, -0.2) is 13.1 Å². The van der Waals surface area contributed by atoms with Crippen molar-refractivity contribution in [3.63, 3.8) is 0 Å². The zero-order chi connectivity index (χ0) is 21.5. The van der Waals surface area contributed by atoms with E-state index in [0.29, 0.717) is 0 Å². The van der Waals surface area contributed by atoms with Gasteiger partial charge in [-0.15, -0.1) is 0 Å². The molecule has 0 spiro atoms. The second-order valence-corrected chi connectivity index (χ2v) is 15.3. The van der Waals surface area contributed by atoms with Crippen LogP contribution in [0, 0.1) is 0 Å². The van der Waals surface area contributed by atoms with Gasteiger partial charge in [0.1, 0.15) is 0 Å². The lowest BCUT2D eigenvalue weighted by atomic mass is 9.85. The molecule has 0 amide bonds. The third-order valence-electron chi connectivity index (χ3n) is 5.77. The number of pyridine rings is 1. The van der Waals surface area contributed by atoms with Crippen molar-refractivity contribution in [2.75, 3.05) is 0 Å². The third kappa shape index (κ3) is 4.10. The topological polar surface area (TPSA) is 12.9 Å². The van der Waals surface area contributed by atoms with Crippen molar-refractivity contribution in [3.05, 3.63) is 84.4 Å². The van der Waals surface area contributed by atoms with E-state index in [1.807, 2.05) is 0 Å². The Labute approximate surface area is 181 Å². The van der Waals surface area contributed by atoms with Crippen molar-refractivity contribution in [2.24, 2.45) is 0 Å². The number of fused-ring (bicyclic) bond motifs is 1. The van der Waals surface area contributed by atoms with E-state index in [2.05, 4.69) is 119 Å². The molecule has 0 fully saturated rings. The molecule has 1 heterocycles. The molecule has 2 heteroatoms. The molecule has 0 aliphatic heterocycles. The first kappa shape index (κ1) is 20.6. The standard InChI is InChI=1S/C28H31NSi/c1-28(2,3)23-14-10-13-21(17-23)27-25(20-11-8-7-9-12-20)19-22-18-24(30(4,5)6)15-16-26(22)29-27/h7-19H,1-6H3. The van der Waals surface area contributed by atoms with Crippen LogP contribution in [0.2, 0.25) is 19.6 Å². The Kier molecular flexibility index (Phi) is 5.15. The lowest BCUT2D eigenvalue weighted by molar-refractivity contribution is 0.590. The van der Waals surface area contributed by atoms with Crippen molar-refractivity contribution >= 4 is 24.2 Å². The average Bonchev–Trinajstić information content (AvgIpc) is 2.72. The first-order chi connectivity index (χ1) is 14.1. The largest absolute Gasteiger partial charge is 0.247 e. The van der Waals surface area contributed by atoms with Crippen LogP contribution < -0.4 is 5.19 Å². The van der Waals surface area contributed by atoms with Gasteiger partial charge in [-0.05, 0) is 34.7 Å². The molecular formula is C28H31NSi. The van der Waals surface area contributed by atoms with Crippen molar-refractivity contribution < 1.29 is 0 Å². The fraction of sp³-hybridized carbons (Fsp3) is 0.250. The molecule has 30 heavy (non-hydrogen) atoms. The van der Waals surface area contributed by atoms with Crippen molar-refractivity contribution in [1.82, 2.24) is 4.98 Å². The molecule has 1 aromatic heterocycles. The fourth-order valence-corrected chi connectivity index (χ4v) is 5.01. The van der Waals surface area contributed by atoms with Gasteiger partial charge in [-0.25, -0.2) is 4.98 Å². The van der Waals surface area contributed by atoms with Gasteiger partial charge < -0.3 is 0 Å². The average molecular weight is 410 g/mol. The van der Waals surface area contributed by atoms with Crippen LogP contribution >= 0.6 is 0 Å². The summed E-state index contributed by atoms with van der Waals surface area (Å²) in [6.07, 6.45) is 0. The number of hydrogen-bond donors (Lipinski definition) is 0. The van der Waals surface area contributed by atoms with Crippen molar-refractivity contribution in [3.8, 4) is 22.4 Å². The van der Waals surface area contributed by atoms with E-state index < -0.39 is 8.07 Å². The van der Waals surface area contributed by atoms with Gasteiger partial charge in [0.25, 0.3) is 0 Å². The Balaban J connectivity index is 1.99. The number of hydrogen-bond acceptors (Lipinski definition) is 1. The van der Waals surface area contributed by atoms with Gasteiger partial charge in [-0.2, -0.15) is 0 Å². The van der Waals surface area contributed by atoms with Crippen LogP contribution in [0.1, 0.15) is 26.3 Å². The molecule has 0 N–H and O–H groups in total. The lowest BCUT2D eigenvalue weighted by Gasteiger charge is -2.21. The van der Waals surface area contributed by atoms with Gasteiger partial charge in [-0.3, -0.25) is 0 Å². The summed E-state index contributed by atoms with van der Waals surface area (Å²) in [6, 6.07) is 28.7. The quantitative estimate of drug-likeness (QED) is 0.321. The van der Waals surface area contributed by atoms with E-state index in [4.69, 9.17) is 4.98 Å². The summed E-state index contributed by atoms with van der Waals surface area (Å²) in [5, 5.41) is 2.70. The summed E-state index contributed by atoms with van der Waals surface area (Å²) in [5.74, 6) is 0. The first-order valence-corrected chi connectivity index (χ1v) is 14.2. The summed E-state index contributed by atoms with van der Waals surface area (Å²) in [4.78, 5) is 5.18. The number of aromatic nitrogens is 1. The van der Waals surface area contributed by atoms with E-state index in [1.165, 1.54) is 32.8 Å². The van der Waals surface area contributed by atoms with Crippen LogP contribution in [0.4, 0.5) is 0 Å². The smallest absolute Gasteiger partial charge is 0.0788 e. The molecule has 0 aliphatic rings. The second-order valence-electron chi connectivity index (χ2n) is 10.2. The van der Waals surface area contributed by atoms with Gasteiger partial charge in [-0.1, -0.05) is 106 Å². The molecule has 1 nitrogen and oxygen atoms in total. The highest BCUT2D eigenvalue weighted by atomic mass is 28.3. The zero-order valence-corrected chi connectivity index (χ0v) is 20.0. The molecule has 0 bridgehead atoms. The van der Waals surface area contributed by atoms with Crippen LogP contribution in [0.5, 0.6) is 0 Å². The molecule has 3 aromatic carbocycles. The minimum absolute atomic E-state index is 0.103. The van der Waals surface area contributed by atoms with E-state index in [9.17, 15) is 0 Å². The Bertz CT molecular complexity index is 1190. The molecule has 0 saturated heterocycles. The van der Waals surface area contributed by atoms with Gasteiger partial charge in [0.05, 0.1) is 19.3 Å². The molecule has 0 radical (unpaired) electrons. The molecule has 0 unspecified atom stereocenters. The monoisotopic (exact) mass is 409 g/mol. The summed E-state index contributed by atoms with van der Waals surface area (Å²) in [7, 11) is -1.38. The predicted octanol–water partition coefficient (Wildman–Crippen LogP) is 7.41. The van der Waals surface area contributed by atoms with Gasteiger partial charge >= 0.3 is 0 Å². The van der Waals surface area contributed by atoms with Gasteiger partial charge in [0.15, 0.2) is 0 Å². The number of nitrogens with zero attached hydrogens (tertiary/aromatic N) is 1. The highest BCUT2D eigenvalue weighted by Crippen LogP contribution is 2.35. The third-order valence-corrected chi connectivity index (χ3v) is 7.81. The van der Waals surface area contributed by atoms with Crippen LogP contribution in [-0.2, 0) is 5.41 Å². The molecule has 0 atom stereocenters. The van der Waals surface area contributed by atoms with Crippen LogP contribution in [0.25, 0.3) is 33.3 Å². The molecule has 0 aliphatic carbocycles. The molecule has 152 valence electrons. The summed E-state index contributed by atoms with van der Waals surface area (Å²) >= 11 is 0. The fourth-order valence-electron chi connectivity index (χ4n) is 3.83. The van der Waals surface area contributed by atoms with Crippen molar-refractivity contribution in [2.45, 2.75) is 45.8 Å². The van der Waals surface area contributed by atoms with Gasteiger partial charge in [0.2, 0.25) is 0 Å². The minimum Gasteiger partial charge on any atom is -0.247 e. The zero-order valence-electron chi connectivity index (χ0n) is 19.0. The minimum atomic E-state index is -1.38. The second kappa shape index (κ2) is 7.52. The summed E-state index contributed by atoms with van der Waals surface area (Å²) in [5.41, 5.74) is 7.13. The maximum absolute atomic E-state index is 5.18. The molecule has 4 aromatic rings. The summed E-state index contributed by atoms with van der Waals surface area (Å²) < 4.78 is 0. The van der Waals surface area contributed by atoms with E-state index >= 15 is 0 Å². The first-order valence-electron chi connectivity index (χ1n) is 10.7. The Morgan fingerprint density at radius 2 is 1.40 bits per heavy atom. The molecular weight excluding hydrogens is 378 g/mol. The number of benzene rings is 3. The Morgan fingerprint density at radius 1 is 0.700 bits per heavy atom. The maximum Gasteiger partial charge on any atom is 0.0788 e. The number of rotatable bonds is 3. The van der Waals surface area contributed by atoms with Crippen LogP contribution in [0.3, 0.4) is 0 Å². The van der Waals surface area contributed by atoms with E-state index in [1.54, 1.807) is 0 Å². The predicted molar refractivity (Wildman–Crippen MR) is 134 cm³/mol. The highest BCUT2D eigenvalue weighted by Gasteiger charge is 2.19. The van der Waals surface area contributed by atoms with E-state index in [0.717, 1.165) is 11.2 Å². The molecule has 0 saturated carbocycles.